The van der Waals surface area contributed by atoms with Crippen molar-refractivity contribution in [1.82, 2.24) is 0 Å². The third kappa shape index (κ3) is 7.85. The van der Waals surface area contributed by atoms with Gasteiger partial charge in [-0.25, -0.2) is 0 Å². The maximum absolute atomic E-state index is 8.11. The minimum absolute atomic E-state index is 0.589. The Balaban J connectivity index is 0.996. The lowest BCUT2D eigenvalue weighted by Gasteiger charge is -2.48. The summed E-state index contributed by atoms with van der Waals surface area (Å²) < 4.78 is 32.0. The summed E-state index contributed by atoms with van der Waals surface area (Å²) in [5, 5.41) is 0. The van der Waals surface area contributed by atoms with Gasteiger partial charge in [-0.15, -0.1) is 0 Å². The average Bonchev–Trinajstić information content (AvgIpc) is 3.85. The van der Waals surface area contributed by atoms with Crippen molar-refractivity contribution in [3.8, 4) is 0 Å². The molecule has 0 N–H and O–H groups in total. The standard InChI is InChI=1S/C38H66O5Si2/c1-25(2)45(20-18-29-10-16-34-38(24-29)42-34,43-44(3,4)19-17-28-9-15-33-37(23-28)41-33)30(11-5-26-7-13-31-35(21-26)39-31)12-6-27-8-14-32-36(22-27)40-32/h25-38H,5-24H2,1-4H3. The van der Waals surface area contributed by atoms with Crippen LogP contribution in [-0.4, -0.2) is 65.5 Å². The van der Waals surface area contributed by atoms with Crippen LogP contribution in [0.4, 0.5) is 0 Å². The molecule has 0 radical (unpaired) electrons. The fraction of sp³-hybridized carbons (Fsp3) is 1.00. The smallest absolute Gasteiger partial charge is 0.185 e. The third-order valence-corrected chi connectivity index (χ3v) is 24.7. The Morgan fingerprint density at radius 3 is 1.27 bits per heavy atom. The summed E-state index contributed by atoms with van der Waals surface area (Å²) in [7, 11) is -3.91. The molecule has 256 valence electrons. The van der Waals surface area contributed by atoms with Crippen LogP contribution in [-0.2, 0) is 23.1 Å². The highest BCUT2D eigenvalue weighted by Gasteiger charge is 2.52. The van der Waals surface area contributed by atoms with E-state index in [0.29, 0.717) is 54.4 Å². The van der Waals surface area contributed by atoms with Gasteiger partial charge in [-0.1, -0.05) is 52.4 Å². The van der Waals surface area contributed by atoms with E-state index in [1.54, 1.807) is 0 Å². The molecule has 8 aliphatic rings. The average molecular weight is 659 g/mol. The van der Waals surface area contributed by atoms with Crippen LogP contribution in [0.2, 0.25) is 36.3 Å². The normalized spacial score (nSPS) is 45.0. The highest BCUT2D eigenvalue weighted by atomic mass is 28.4. The minimum atomic E-state index is -2.07. The molecule has 13 unspecified atom stereocenters. The fourth-order valence-electron chi connectivity index (χ4n) is 11.3. The molecule has 0 spiro atoms. The molecule has 0 amide bonds. The van der Waals surface area contributed by atoms with Crippen molar-refractivity contribution in [2.45, 2.75) is 215 Å². The second kappa shape index (κ2) is 13.2. The molecule has 4 saturated heterocycles. The SMILES string of the molecule is CC(C)[Si](CCC1CCC2OC2C1)(O[Si](C)(C)CCC1CCC2OC2C1)C(CCC1CCC2OC2C1)CCC1CCC2OC2C1. The Labute approximate surface area is 277 Å². The number of ether oxygens (including phenoxy) is 4. The molecule has 0 aromatic rings. The van der Waals surface area contributed by atoms with Crippen LogP contribution >= 0.6 is 0 Å². The second-order valence-electron chi connectivity index (χ2n) is 18.5. The number of rotatable bonds is 16. The number of fused-ring (bicyclic) bond motifs is 4. The number of hydrogen-bond acceptors (Lipinski definition) is 5. The van der Waals surface area contributed by atoms with Crippen molar-refractivity contribution in [1.29, 1.82) is 0 Å². The molecule has 0 aromatic carbocycles. The molecule has 5 nitrogen and oxygen atoms in total. The summed E-state index contributed by atoms with van der Waals surface area (Å²) >= 11 is 0. The summed E-state index contributed by atoms with van der Waals surface area (Å²) in [4.78, 5) is 0. The maximum atomic E-state index is 8.11. The summed E-state index contributed by atoms with van der Waals surface area (Å²) in [6, 6.07) is 2.74. The van der Waals surface area contributed by atoms with Gasteiger partial charge in [0.2, 0.25) is 0 Å². The monoisotopic (exact) mass is 658 g/mol. The van der Waals surface area contributed by atoms with E-state index in [9.17, 15) is 0 Å². The van der Waals surface area contributed by atoms with Gasteiger partial charge >= 0.3 is 0 Å². The van der Waals surface area contributed by atoms with E-state index in [0.717, 1.165) is 29.2 Å². The van der Waals surface area contributed by atoms with Gasteiger partial charge in [0.25, 0.3) is 0 Å². The zero-order chi connectivity index (χ0) is 30.8. The van der Waals surface area contributed by atoms with Crippen molar-refractivity contribution in [2.75, 3.05) is 0 Å². The molecule has 45 heavy (non-hydrogen) atoms. The van der Waals surface area contributed by atoms with Crippen LogP contribution in [0.15, 0.2) is 0 Å². The quantitative estimate of drug-likeness (QED) is 0.122. The lowest BCUT2D eigenvalue weighted by atomic mass is 9.83. The maximum Gasteiger partial charge on any atom is 0.185 e. The van der Waals surface area contributed by atoms with Crippen molar-refractivity contribution < 1.29 is 23.1 Å². The molecule has 4 saturated carbocycles. The Morgan fingerprint density at radius 2 is 0.889 bits per heavy atom. The van der Waals surface area contributed by atoms with Crippen molar-refractivity contribution in [3.05, 3.63) is 0 Å². The Kier molecular flexibility index (Phi) is 9.49. The lowest BCUT2D eigenvalue weighted by molar-refractivity contribution is 0.313. The van der Waals surface area contributed by atoms with Crippen LogP contribution in [0.5, 0.6) is 0 Å². The highest BCUT2D eigenvalue weighted by molar-refractivity contribution is 6.87. The topological polar surface area (TPSA) is 59.4 Å². The number of hydrogen-bond donors (Lipinski definition) is 0. The van der Waals surface area contributed by atoms with Gasteiger partial charge in [-0.3, -0.25) is 0 Å². The van der Waals surface area contributed by atoms with E-state index in [1.165, 1.54) is 128 Å². The summed E-state index contributed by atoms with van der Waals surface area (Å²) in [6.45, 7) is 10.4. The summed E-state index contributed by atoms with van der Waals surface area (Å²) in [5.74, 6) is 3.46. The van der Waals surface area contributed by atoms with Gasteiger partial charge in [0.05, 0.1) is 48.8 Å². The molecule has 4 aliphatic heterocycles. The molecule has 4 heterocycles. The van der Waals surface area contributed by atoms with Crippen LogP contribution in [0, 0.1) is 23.7 Å². The minimum Gasteiger partial charge on any atom is -0.455 e. The van der Waals surface area contributed by atoms with E-state index in [-0.39, 0.29) is 0 Å². The van der Waals surface area contributed by atoms with E-state index in [1.807, 2.05) is 0 Å². The molecule has 13 atom stereocenters. The Hall–Kier alpha value is 0.234. The second-order valence-corrected chi connectivity index (χ2v) is 27.7. The molecule has 8 fully saturated rings. The van der Waals surface area contributed by atoms with Crippen LogP contribution in [0.25, 0.3) is 0 Å². The van der Waals surface area contributed by atoms with Gasteiger partial charge < -0.3 is 23.1 Å². The van der Waals surface area contributed by atoms with E-state index >= 15 is 0 Å². The predicted octanol–water partition coefficient (Wildman–Crippen LogP) is 9.54. The first-order valence-corrected chi connectivity index (χ1v) is 25.4. The van der Waals surface area contributed by atoms with Crippen molar-refractivity contribution >= 4 is 16.6 Å². The van der Waals surface area contributed by atoms with Gasteiger partial charge in [0, 0.05) is 0 Å². The van der Waals surface area contributed by atoms with Crippen molar-refractivity contribution in [2.24, 2.45) is 23.7 Å². The Morgan fingerprint density at radius 1 is 0.511 bits per heavy atom. The molecule has 0 aromatic heterocycles. The molecule has 8 rings (SSSR count). The third-order valence-electron chi connectivity index (χ3n) is 14.5. The molecular weight excluding hydrogens is 593 g/mol. The van der Waals surface area contributed by atoms with Gasteiger partial charge in [-0.2, -0.15) is 0 Å². The largest absolute Gasteiger partial charge is 0.455 e. The van der Waals surface area contributed by atoms with Gasteiger partial charge in [-0.05, 0) is 137 Å². The van der Waals surface area contributed by atoms with Crippen molar-refractivity contribution in [3.63, 3.8) is 0 Å². The molecule has 0 bridgehead atoms. The zero-order valence-corrected chi connectivity index (χ0v) is 31.3. The van der Waals surface area contributed by atoms with Gasteiger partial charge in [0.1, 0.15) is 0 Å². The summed E-state index contributed by atoms with van der Waals surface area (Å²) in [6.07, 6.45) is 29.3. The van der Waals surface area contributed by atoms with Gasteiger partial charge in [0.15, 0.2) is 16.6 Å². The van der Waals surface area contributed by atoms with Crippen LogP contribution < -0.4 is 0 Å². The first kappa shape index (κ1) is 32.4. The van der Waals surface area contributed by atoms with Crippen LogP contribution in [0.1, 0.15) is 129 Å². The first-order valence-electron chi connectivity index (χ1n) is 20.0. The summed E-state index contributed by atoms with van der Waals surface area (Å²) in [5.41, 5.74) is 1.48. The lowest BCUT2D eigenvalue weighted by Crippen LogP contribution is -2.54. The molecule has 4 aliphatic carbocycles. The predicted molar refractivity (Wildman–Crippen MR) is 184 cm³/mol. The first-order chi connectivity index (χ1) is 21.7. The fourth-order valence-corrected chi connectivity index (χ4v) is 23.0. The van der Waals surface area contributed by atoms with E-state index < -0.39 is 16.6 Å². The zero-order valence-electron chi connectivity index (χ0n) is 29.3. The van der Waals surface area contributed by atoms with Crippen LogP contribution in [0.3, 0.4) is 0 Å². The molecular formula is C38H66O5Si2. The molecule has 7 heteroatoms. The van der Waals surface area contributed by atoms with E-state index in [4.69, 9.17) is 23.1 Å². The van der Waals surface area contributed by atoms with E-state index in [2.05, 4.69) is 26.9 Å². The number of epoxide rings is 4. The Bertz CT molecular complexity index is 992. The highest BCUT2D eigenvalue weighted by Crippen LogP contribution is 2.52.